The number of anilines is 1. The van der Waals surface area contributed by atoms with Crippen LogP contribution in [0.5, 0.6) is 0 Å². The van der Waals surface area contributed by atoms with Gasteiger partial charge in [0.25, 0.3) is 5.91 Å². The lowest BCUT2D eigenvalue weighted by molar-refractivity contribution is 0.102. The highest BCUT2D eigenvalue weighted by Crippen LogP contribution is 2.17. The van der Waals surface area contributed by atoms with E-state index in [2.05, 4.69) is 5.32 Å². The van der Waals surface area contributed by atoms with Crippen LogP contribution >= 0.6 is 0 Å². The molecule has 0 aliphatic rings. The van der Waals surface area contributed by atoms with Crippen LogP contribution < -0.4 is 10.8 Å². The summed E-state index contributed by atoms with van der Waals surface area (Å²) in [5, 5.41) is 20.8. The Morgan fingerprint density at radius 3 is 2.48 bits per heavy atom. The Bertz CT molecular complexity index is 689. The topological polar surface area (TPSA) is 69.6 Å². The summed E-state index contributed by atoms with van der Waals surface area (Å²) in [7, 11) is -1.96. The van der Waals surface area contributed by atoms with Crippen molar-refractivity contribution in [2.45, 2.75) is 13.8 Å². The number of aryl methyl sites for hydroxylation is 2. The maximum absolute atomic E-state index is 13.4. The van der Waals surface area contributed by atoms with E-state index < -0.39 is 18.8 Å². The minimum atomic E-state index is -1.96. The summed E-state index contributed by atoms with van der Waals surface area (Å²) in [6.07, 6.45) is 0. The number of rotatable bonds is 3. The van der Waals surface area contributed by atoms with E-state index in [1.165, 1.54) is 6.07 Å². The summed E-state index contributed by atoms with van der Waals surface area (Å²) in [4.78, 5) is 12.1. The van der Waals surface area contributed by atoms with Crippen molar-refractivity contribution >= 4 is 24.2 Å². The van der Waals surface area contributed by atoms with Crippen LogP contribution in [0.25, 0.3) is 0 Å². The number of carbonyl (C=O) groups is 1. The van der Waals surface area contributed by atoms with Gasteiger partial charge in [-0.3, -0.25) is 4.79 Å². The Morgan fingerprint density at radius 1 is 1.14 bits per heavy atom. The summed E-state index contributed by atoms with van der Waals surface area (Å²) in [6, 6.07) is 9.04. The molecule has 2 aromatic rings. The zero-order chi connectivity index (χ0) is 15.6. The van der Waals surface area contributed by atoms with Gasteiger partial charge < -0.3 is 15.4 Å². The normalized spacial score (nSPS) is 10.3. The molecule has 0 aromatic heterocycles. The van der Waals surface area contributed by atoms with Crippen LogP contribution in [-0.4, -0.2) is 23.1 Å². The molecule has 0 saturated carbocycles. The fourth-order valence-electron chi connectivity index (χ4n) is 2.03. The van der Waals surface area contributed by atoms with Crippen molar-refractivity contribution in [2.75, 3.05) is 5.32 Å². The van der Waals surface area contributed by atoms with E-state index in [0.29, 0.717) is 5.69 Å². The Morgan fingerprint density at radius 2 is 1.86 bits per heavy atom. The molecule has 0 saturated heterocycles. The third-order valence-electron chi connectivity index (χ3n) is 3.17. The lowest BCUT2D eigenvalue weighted by Gasteiger charge is -2.10. The number of hydrogen-bond acceptors (Lipinski definition) is 3. The zero-order valence-electron chi connectivity index (χ0n) is 11.7. The Balaban J connectivity index is 2.26. The van der Waals surface area contributed by atoms with Gasteiger partial charge in [-0.05, 0) is 43.7 Å². The molecule has 0 heterocycles. The lowest BCUT2D eigenvalue weighted by Crippen LogP contribution is -2.33. The molecule has 0 unspecified atom stereocenters. The fraction of sp³-hybridized carbons (Fsp3) is 0.133. The second kappa shape index (κ2) is 6.07. The maximum Gasteiger partial charge on any atom is 0.491 e. The van der Waals surface area contributed by atoms with Crippen molar-refractivity contribution in [3.63, 3.8) is 0 Å². The molecule has 0 spiro atoms. The standard InChI is InChI=1S/C15H15BFNO3/c1-9-3-6-14(10(2)7-9)18-15(19)11-4-5-13(17)12(8-11)16(20)21/h3-8,20-21H,1-2H3,(H,18,19). The van der Waals surface area contributed by atoms with Gasteiger partial charge in [0, 0.05) is 16.7 Å². The predicted molar refractivity (Wildman–Crippen MR) is 80.1 cm³/mol. The first-order valence-electron chi connectivity index (χ1n) is 6.42. The van der Waals surface area contributed by atoms with Crippen molar-refractivity contribution in [2.24, 2.45) is 0 Å². The highest BCUT2D eigenvalue weighted by atomic mass is 19.1. The van der Waals surface area contributed by atoms with E-state index >= 15 is 0 Å². The second-order valence-corrected chi connectivity index (χ2v) is 4.88. The molecule has 0 atom stereocenters. The number of halogens is 1. The average molecular weight is 287 g/mol. The fourth-order valence-corrected chi connectivity index (χ4v) is 2.03. The summed E-state index contributed by atoms with van der Waals surface area (Å²) in [5.41, 5.74) is 2.47. The monoisotopic (exact) mass is 287 g/mol. The molecular formula is C15H15BFNO3. The van der Waals surface area contributed by atoms with Crippen molar-refractivity contribution in [3.8, 4) is 0 Å². The van der Waals surface area contributed by atoms with Gasteiger partial charge in [0.15, 0.2) is 0 Å². The van der Waals surface area contributed by atoms with Gasteiger partial charge in [-0.15, -0.1) is 0 Å². The van der Waals surface area contributed by atoms with Crippen molar-refractivity contribution in [1.82, 2.24) is 0 Å². The van der Waals surface area contributed by atoms with Crippen LogP contribution in [0, 0.1) is 19.7 Å². The van der Waals surface area contributed by atoms with E-state index in [-0.39, 0.29) is 11.0 Å². The van der Waals surface area contributed by atoms with Crippen LogP contribution in [0.15, 0.2) is 36.4 Å². The maximum atomic E-state index is 13.4. The minimum Gasteiger partial charge on any atom is -0.423 e. The summed E-state index contributed by atoms with van der Waals surface area (Å²) >= 11 is 0. The number of benzene rings is 2. The smallest absolute Gasteiger partial charge is 0.423 e. The molecule has 0 radical (unpaired) electrons. The van der Waals surface area contributed by atoms with E-state index in [0.717, 1.165) is 23.3 Å². The van der Waals surface area contributed by atoms with Crippen LogP contribution in [0.1, 0.15) is 21.5 Å². The Hall–Kier alpha value is -2.18. The minimum absolute atomic E-state index is 0.152. The number of carbonyl (C=O) groups excluding carboxylic acids is 1. The van der Waals surface area contributed by atoms with Crippen LogP contribution in [0.4, 0.5) is 10.1 Å². The largest absolute Gasteiger partial charge is 0.491 e. The first-order valence-corrected chi connectivity index (χ1v) is 6.42. The highest BCUT2D eigenvalue weighted by Gasteiger charge is 2.19. The number of amides is 1. The van der Waals surface area contributed by atoms with E-state index in [1.54, 1.807) is 6.07 Å². The van der Waals surface area contributed by atoms with Crippen molar-refractivity contribution in [1.29, 1.82) is 0 Å². The van der Waals surface area contributed by atoms with Crippen LogP contribution in [-0.2, 0) is 0 Å². The van der Waals surface area contributed by atoms with Gasteiger partial charge >= 0.3 is 7.12 Å². The molecule has 108 valence electrons. The van der Waals surface area contributed by atoms with Crippen LogP contribution in [0.3, 0.4) is 0 Å². The van der Waals surface area contributed by atoms with Crippen LogP contribution in [0.2, 0.25) is 0 Å². The van der Waals surface area contributed by atoms with Gasteiger partial charge in [-0.25, -0.2) is 4.39 Å². The first kappa shape index (κ1) is 15.2. The molecule has 2 rings (SSSR count). The van der Waals surface area contributed by atoms with E-state index in [4.69, 9.17) is 10.0 Å². The summed E-state index contributed by atoms with van der Waals surface area (Å²) in [5.74, 6) is -1.21. The molecule has 6 heteroatoms. The Labute approximate surface area is 122 Å². The molecule has 0 fully saturated rings. The van der Waals surface area contributed by atoms with Crippen molar-refractivity contribution in [3.05, 3.63) is 58.9 Å². The number of nitrogens with one attached hydrogen (secondary N) is 1. The SMILES string of the molecule is Cc1ccc(NC(=O)c2ccc(F)c(B(O)O)c2)c(C)c1. The molecule has 0 aliphatic heterocycles. The third-order valence-corrected chi connectivity index (χ3v) is 3.17. The van der Waals surface area contributed by atoms with Crippen molar-refractivity contribution < 1.29 is 19.2 Å². The molecular weight excluding hydrogens is 272 g/mol. The Kier molecular flexibility index (Phi) is 4.40. The third kappa shape index (κ3) is 3.48. The first-order chi connectivity index (χ1) is 9.88. The van der Waals surface area contributed by atoms with Gasteiger partial charge in [-0.1, -0.05) is 17.7 Å². The molecule has 3 N–H and O–H groups in total. The molecule has 1 amide bonds. The van der Waals surface area contributed by atoms with Gasteiger partial charge in [0.1, 0.15) is 5.82 Å². The summed E-state index contributed by atoms with van der Waals surface area (Å²) in [6.45, 7) is 3.82. The molecule has 21 heavy (non-hydrogen) atoms. The second-order valence-electron chi connectivity index (χ2n) is 4.88. The molecule has 4 nitrogen and oxygen atoms in total. The zero-order valence-corrected chi connectivity index (χ0v) is 11.7. The number of hydrogen-bond donors (Lipinski definition) is 3. The molecule has 0 bridgehead atoms. The van der Waals surface area contributed by atoms with Gasteiger partial charge in [-0.2, -0.15) is 0 Å². The van der Waals surface area contributed by atoms with Gasteiger partial charge in [0.2, 0.25) is 0 Å². The summed E-state index contributed by atoms with van der Waals surface area (Å²) < 4.78 is 13.4. The molecule has 2 aromatic carbocycles. The van der Waals surface area contributed by atoms with E-state index in [1.807, 2.05) is 26.0 Å². The highest BCUT2D eigenvalue weighted by molar-refractivity contribution is 6.58. The average Bonchev–Trinajstić information content (AvgIpc) is 2.42. The van der Waals surface area contributed by atoms with E-state index in [9.17, 15) is 9.18 Å². The quantitative estimate of drug-likeness (QED) is 0.747. The molecule has 0 aliphatic carbocycles. The lowest BCUT2D eigenvalue weighted by atomic mass is 9.79. The van der Waals surface area contributed by atoms with Gasteiger partial charge in [0.05, 0.1) is 0 Å². The predicted octanol–water partition coefficient (Wildman–Crippen LogP) is 1.37.